The zero-order valence-corrected chi connectivity index (χ0v) is 16.2. The third-order valence-electron chi connectivity index (χ3n) is 5.60. The highest BCUT2D eigenvalue weighted by atomic mass is 16.3. The largest absolute Gasteiger partial charge is 0.506 e. The van der Waals surface area contributed by atoms with E-state index in [1.54, 1.807) is 6.07 Å². The zero-order valence-electron chi connectivity index (χ0n) is 16.2. The first-order valence-electron chi connectivity index (χ1n) is 9.88. The third-order valence-corrected chi connectivity index (χ3v) is 5.60. The summed E-state index contributed by atoms with van der Waals surface area (Å²) < 4.78 is 0. The zero-order chi connectivity index (χ0) is 18.4. The van der Waals surface area contributed by atoms with Crippen LogP contribution in [0.5, 0.6) is 5.75 Å². The van der Waals surface area contributed by atoms with Crippen molar-refractivity contribution in [2.75, 3.05) is 64.3 Å². The SMILES string of the molecule is CN=C(NCCN1CCC(C)CC1)N1CCN(c2ccccc2O)CC1. The fourth-order valence-corrected chi connectivity index (χ4v) is 3.83. The number of piperidine rings is 1. The maximum atomic E-state index is 10.0. The first-order chi connectivity index (χ1) is 12.7. The highest BCUT2D eigenvalue weighted by Gasteiger charge is 2.21. The second-order valence-electron chi connectivity index (χ2n) is 7.46. The molecule has 2 saturated heterocycles. The molecule has 0 atom stereocenters. The average Bonchev–Trinajstić information content (AvgIpc) is 2.67. The Kier molecular flexibility index (Phi) is 6.61. The lowest BCUT2D eigenvalue weighted by atomic mass is 9.99. The molecule has 2 aliphatic rings. The van der Waals surface area contributed by atoms with E-state index in [4.69, 9.17) is 0 Å². The maximum absolute atomic E-state index is 10.0. The Morgan fingerprint density at radius 1 is 1.12 bits per heavy atom. The number of phenolic OH excluding ortho intramolecular Hbond substituents is 1. The molecule has 0 spiro atoms. The number of piperazine rings is 1. The van der Waals surface area contributed by atoms with Crippen molar-refractivity contribution in [2.45, 2.75) is 19.8 Å². The van der Waals surface area contributed by atoms with Crippen LogP contribution < -0.4 is 10.2 Å². The minimum absolute atomic E-state index is 0.360. The molecule has 3 rings (SSSR count). The van der Waals surface area contributed by atoms with Gasteiger partial charge in [-0.25, -0.2) is 0 Å². The number of aliphatic imine (C=N–C) groups is 1. The van der Waals surface area contributed by atoms with Crippen molar-refractivity contribution in [1.82, 2.24) is 15.1 Å². The number of nitrogens with zero attached hydrogens (tertiary/aromatic N) is 4. The number of rotatable bonds is 4. The predicted molar refractivity (Wildman–Crippen MR) is 108 cm³/mol. The molecule has 1 aromatic carbocycles. The smallest absolute Gasteiger partial charge is 0.193 e. The van der Waals surface area contributed by atoms with Gasteiger partial charge in [0.25, 0.3) is 0 Å². The molecule has 2 fully saturated rings. The fraction of sp³-hybridized carbons (Fsp3) is 0.650. The van der Waals surface area contributed by atoms with Crippen LogP contribution in [0.15, 0.2) is 29.3 Å². The summed E-state index contributed by atoms with van der Waals surface area (Å²) >= 11 is 0. The molecule has 0 bridgehead atoms. The Bertz CT molecular complexity index is 590. The molecular formula is C20H33N5O. The van der Waals surface area contributed by atoms with Gasteiger partial charge < -0.3 is 25.1 Å². The average molecular weight is 360 g/mol. The normalized spacial score (nSPS) is 20.5. The number of benzene rings is 1. The quantitative estimate of drug-likeness (QED) is 0.634. The summed E-state index contributed by atoms with van der Waals surface area (Å²) in [6.45, 7) is 10.4. The number of para-hydroxylation sites is 2. The molecule has 0 aliphatic carbocycles. The van der Waals surface area contributed by atoms with Crippen LogP contribution in [0.3, 0.4) is 0 Å². The van der Waals surface area contributed by atoms with Crippen LogP contribution in [-0.2, 0) is 0 Å². The molecule has 0 aromatic heterocycles. The molecule has 6 heteroatoms. The van der Waals surface area contributed by atoms with Crippen molar-refractivity contribution in [3.05, 3.63) is 24.3 Å². The minimum atomic E-state index is 0.360. The molecule has 6 nitrogen and oxygen atoms in total. The Balaban J connectivity index is 1.43. The van der Waals surface area contributed by atoms with Gasteiger partial charge in [-0.05, 0) is 44.0 Å². The fourth-order valence-electron chi connectivity index (χ4n) is 3.83. The van der Waals surface area contributed by atoms with Crippen LogP contribution in [0.1, 0.15) is 19.8 Å². The summed E-state index contributed by atoms with van der Waals surface area (Å²) in [6, 6.07) is 7.58. The first-order valence-corrected chi connectivity index (χ1v) is 9.88. The second-order valence-corrected chi connectivity index (χ2v) is 7.46. The van der Waals surface area contributed by atoms with E-state index < -0.39 is 0 Å². The van der Waals surface area contributed by atoms with Gasteiger partial charge in [0.2, 0.25) is 0 Å². The number of likely N-dealkylation sites (tertiary alicyclic amines) is 1. The third kappa shape index (κ3) is 4.81. The summed E-state index contributed by atoms with van der Waals surface area (Å²) in [6.07, 6.45) is 2.64. The highest BCUT2D eigenvalue weighted by molar-refractivity contribution is 5.80. The number of anilines is 1. The Labute approximate surface area is 157 Å². The second kappa shape index (κ2) is 9.12. The van der Waals surface area contributed by atoms with Gasteiger partial charge >= 0.3 is 0 Å². The lowest BCUT2D eigenvalue weighted by Gasteiger charge is -2.38. The van der Waals surface area contributed by atoms with E-state index in [1.165, 1.54) is 25.9 Å². The number of guanidine groups is 1. The molecule has 2 heterocycles. The summed E-state index contributed by atoms with van der Waals surface area (Å²) in [4.78, 5) is 11.6. The van der Waals surface area contributed by atoms with E-state index >= 15 is 0 Å². The van der Waals surface area contributed by atoms with Crippen molar-refractivity contribution in [1.29, 1.82) is 0 Å². The van der Waals surface area contributed by atoms with Crippen molar-refractivity contribution in [3.63, 3.8) is 0 Å². The lowest BCUT2D eigenvalue weighted by Crippen LogP contribution is -2.53. The minimum Gasteiger partial charge on any atom is -0.506 e. The van der Waals surface area contributed by atoms with E-state index in [1.807, 2.05) is 25.2 Å². The van der Waals surface area contributed by atoms with Gasteiger partial charge in [0, 0.05) is 46.3 Å². The van der Waals surface area contributed by atoms with E-state index in [0.717, 1.165) is 56.8 Å². The molecular weight excluding hydrogens is 326 g/mol. The van der Waals surface area contributed by atoms with Gasteiger partial charge in [-0.2, -0.15) is 0 Å². The Morgan fingerprint density at radius 2 is 1.81 bits per heavy atom. The van der Waals surface area contributed by atoms with Gasteiger partial charge in [-0.3, -0.25) is 4.99 Å². The van der Waals surface area contributed by atoms with E-state index in [2.05, 4.69) is 31.9 Å². The van der Waals surface area contributed by atoms with Crippen LogP contribution >= 0.6 is 0 Å². The van der Waals surface area contributed by atoms with Gasteiger partial charge in [0.15, 0.2) is 5.96 Å². The molecule has 0 radical (unpaired) electrons. The van der Waals surface area contributed by atoms with Crippen molar-refractivity contribution >= 4 is 11.6 Å². The number of hydrogen-bond acceptors (Lipinski definition) is 4. The van der Waals surface area contributed by atoms with Crippen molar-refractivity contribution in [2.24, 2.45) is 10.9 Å². The van der Waals surface area contributed by atoms with Gasteiger partial charge in [-0.15, -0.1) is 0 Å². The first kappa shape index (κ1) is 18.8. The van der Waals surface area contributed by atoms with E-state index in [0.29, 0.717) is 5.75 Å². The molecule has 2 N–H and O–H groups in total. The Morgan fingerprint density at radius 3 is 2.46 bits per heavy atom. The monoisotopic (exact) mass is 359 g/mol. The molecule has 26 heavy (non-hydrogen) atoms. The lowest BCUT2D eigenvalue weighted by molar-refractivity contribution is 0.194. The van der Waals surface area contributed by atoms with Gasteiger partial charge in [-0.1, -0.05) is 19.1 Å². The summed E-state index contributed by atoms with van der Waals surface area (Å²) in [7, 11) is 1.86. The molecule has 0 amide bonds. The van der Waals surface area contributed by atoms with Crippen LogP contribution in [0.2, 0.25) is 0 Å². The molecule has 1 aromatic rings. The van der Waals surface area contributed by atoms with E-state index in [-0.39, 0.29) is 0 Å². The summed E-state index contributed by atoms with van der Waals surface area (Å²) in [5.41, 5.74) is 0.925. The van der Waals surface area contributed by atoms with Crippen LogP contribution in [0.25, 0.3) is 0 Å². The Hall–Kier alpha value is -1.95. The number of aromatic hydroxyl groups is 1. The van der Waals surface area contributed by atoms with Crippen LogP contribution in [-0.4, -0.2) is 80.3 Å². The van der Waals surface area contributed by atoms with Crippen molar-refractivity contribution in [3.8, 4) is 5.75 Å². The van der Waals surface area contributed by atoms with Crippen LogP contribution in [0, 0.1) is 5.92 Å². The maximum Gasteiger partial charge on any atom is 0.193 e. The molecule has 2 aliphatic heterocycles. The standard InChI is InChI=1S/C20H33N5O/c1-17-7-10-23(11-8-17)12-9-22-20(21-2)25-15-13-24(14-16-25)18-5-3-4-6-19(18)26/h3-6,17,26H,7-16H2,1-2H3,(H,21,22). The number of hydrogen-bond donors (Lipinski definition) is 2. The summed E-state index contributed by atoms with van der Waals surface area (Å²) in [5, 5.41) is 13.6. The van der Waals surface area contributed by atoms with E-state index in [9.17, 15) is 5.11 Å². The molecule has 0 saturated carbocycles. The van der Waals surface area contributed by atoms with Gasteiger partial charge in [0.05, 0.1) is 5.69 Å². The number of phenols is 1. The topological polar surface area (TPSA) is 54.3 Å². The van der Waals surface area contributed by atoms with Gasteiger partial charge in [0.1, 0.15) is 5.75 Å². The highest BCUT2D eigenvalue weighted by Crippen LogP contribution is 2.27. The van der Waals surface area contributed by atoms with Crippen molar-refractivity contribution < 1.29 is 5.11 Å². The predicted octanol–water partition coefficient (Wildman–Crippen LogP) is 1.82. The molecule has 144 valence electrons. The molecule has 0 unspecified atom stereocenters. The van der Waals surface area contributed by atoms with Crippen LogP contribution in [0.4, 0.5) is 5.69 Å². The summed E-state index contributed by atoms with van der Waals surface area (Å²) in [5.74, 6) is 2.24. The number of nitrogens with one attached hydrogen (secondary N) is 1.